The Bertz CT molecular complexity index is 545. The molecule has 0 unspecified atom stereocenters. The first-order chi connectivity index (χ1) is 8.81. The fourth-order valence-corrected chi connectivity index (χ4v) is 1.85. The highest BCUT2D eigenvalue weighted by Gasteiger charge is 2.07. The molecule has 0 aliphatic rings. The molecule has 1 aromatic carbocycles. The van der Waals surface area contributed by atoms with Crippen LogP contribution in [-0.2, 0) is 16.0 Å². The Kier molecular flexibility index (Phi) is 4.02. The van der Waals surface area contributed by atoms with Gasteiger partial charge in [-0.15, -0.1) is 0 Å². The first-order valence-electron chi connectivity index (χ1n) is 5.85. The Morgan fingerprint density at radius 2 is 2.28 bits per heavy atom. The van der Waals surface area contributed by atoms with Gasteiger partial charge in [0.2, 0.25) is 5.91 Å². The van der Waals surface area contributed by atoms with Crippen LogP contribution in [0.1, 0.15) is 5.56 Å². The van der Waals surface area contributed by atoms with Crippen molar-refractivity contribution in [2.45, 2.75) is 6.42 Å². The molecule has 0 saturated heterocycles. The second-order valence-corrected chi connectivity index (χ2v) is 3.92. The largest absolute Gasteiger partial charge is 0.500 e. The van der Waals surface area contributed by atoms with Crippen molar-refractivity contribution in [2.75, 3.05) is 13.2 Å². The van der Waals surface area contributed by atoms with E-state index in [0.717, 1.165) is 16.5 Å². The minimum atomic E-state index is -0.00702. The molecule has 94 valence electrons. The highest BCUT2D eigenvalue weighted by Crippen LogP contribution is 2.17. The maximum absolute atomic E-state index is 11.7. The van der Waals surface area contributed by atoms with E-state index in [1.165, 1.54) is 6.26 Å². The lowest BCUT2D eigenvalue weighted by Crippen LogP contribution is -2.28. The Labute approximate surface area is 106 Å². The fourth-order valence-electron chi connectivity index (χ4n) is 1.85. The van der Waals surface area contributed by atoms with Gasteiger partial charge < -0.3 is 15.0 Å². The number of ether oxygens (including phenoxy) is 1. The van der Waals surface area contributed by atoms with Crippen LogP contribution in [0.4, 0.5) is 0 Å². The molecule has 0 saturated carbocycles. The monoisotopic (exact) mass is 244 g/mol. The lowest BCUT2D eigenvalue weighted by Gasteiger charge is -2.04. The third-order valence-electron chi connectivity index (χ3n) is 2.69. The Morgan fingerprint density at radius 3 is 3.11 bits per heavy atom. The molecule has 2 N–H and O–H groups in total. The van der Waals surface area contributed by atoms with Crippen LogP contribution in [0.15, 0.2) is 43.3 Å². The van der Waals surface area contributed by atoms with Gasteiger partial charge in [-0.25, -0.2) is 0 Å². The molecule has 4 nitrogen and oxygen atoms in total. The minimum Gasteiger partial charge on any atom is -0.500 e. The number of H-pyrrole nitrogens is 1. The first-order valence-corrected chi connectivity index (χ1v) is 5.85. The third-order valence-corrected chi connectivity index (χ3v) is 2.69. The van der Waals surface area contributed by atoms with E-state index in [9.17, 15) is 4.79 Å². The summed E-state index contributed by atoms with van der Waals surface area (Å²) in [5, 5.41) is 3.89. The van der Waals surface area contributed by atoms with Crippen molar-refractivity contribution < 1.29 is 9.53 Å². The van der Waals surface area contributed by atoms with Crippen LogP contribution in [0.2, 0.25) is 0 Å². The van der Waals surface area contributed by atoms with Crippen molar-refractivity contribution in [3.63, 3.8) is 0 Å². The van der Waals surface area contributed by atoms with E-state index in [0.29, 0.717) is 19.6 Å². The van der Waals surface area contributed by atoms with Gasteiger partial charge in [0.05, 0.1) is 19.2 Å². The molecule has 18 heavy (non-hydrogen) atoms. The zero-order valence-corrected chi connectivity index (χ0v) is 10.1. The molecule has 1 amide bonds. The van der Waals surface area contributed by atoms with Crippen molar-refractivity contribution in [1.82, 2.24) is 10.3 Å². The minimum absolute atomic E-state index is 0.00702. The average molecular weight is 244 g/mol. The predicted octanol–water partition coefficient (Wildman–Crippen LogP) is 1.99. The number of hydrogen-bond donors (Lipinski definition) is 2. The van der Waals surface area contributed by atoms with Crippen LogP contribution in [0.5, 0.6) is 0 Å². The zero-order valence-electron chi connectivity index (χ0n) is 10.1. The molecule has 0 radical (unpaired) electrons. The molecule has 4 heteroatoms. The Balaban J connectivity index is 1.92. The van der Waals surface area contributed by atoms with Crippen molar-refractivity contribution >= 4 is 16.8 Å². The summed E-state index contributed by atoms with van der Waals surface area (Å²) in [7, 11) is 0. The van der Waals surface area contributed by atoms with Crippen LogP contribution in [0.3, 0.4) is 0 Å². The molecular formula is C14H16N2O2. The van der Waals surface area contributed by atoms with Gasteiger partial charge in [0, 0.05) is 17.1 Å². The van der Waals surface area contributed by atoms with Gasteiger partial charge in [-0.1, -0.05) is 24.8 Å². The van der Waals surface area contributed by atoms with Crippen LogP contribution >= 0.6 is 0 Å². The number of aromatic nitrogens is 1. The molecule has 0 bridgehead atoms. The molecule has 0 aliphatic carbocycles. The first kappa shape index (κ1) is 12.2. The van der Waals surface area contributed by atoms with Gasteiger partial charge >= 0.3 is 0 Å². The standard InChI is InChI=1S/C14H16N2O2/c1-2-18-8-7-15-14(17)9-11-10-16-13-6-4-3-5-12(11)13/h2-6,10,16H,1,7-9H2,(H,15,17). The topological polar surface area (TPSA) is 54.1 Å². The highest BCUT2D eigenvalue weighted by atomic mass is 16.5. The summed E-state index contributed by atoms with van der Waals surface area (Å²) in [6.45, 7) is 4.37. The molecule has 0 spiro atoms. The molecule has 0 atom stereocenters. The van der Waals surface area contributed by atoms with Gasteiger partial charge in [-0.2, -0.15) is 0 Å². The van der Waals surface area contributed by atoms with Gasteiger partial charge in [0.25, 0.3) is 0 Å². The molecule has 0 aliphatic heterocycles. The second-order valence-electron chi connectivity index (χ2n) is 3.92. The van der Waals surface area contributed by atoms with E-state index in [1.54, 1.807) is 0 Å². The lowest BCUT2D eigenvalue weighted by atomic mass is 10.1. The number of fused-ring (bicyclic) bond motifs is 1. The van der Waals surface area contributed by atoms with E-state index in [2.05, 4.69) is 16.9 Å². The quantitative estimate of drug-likeness (QED) is 0.603. The van der Waals surface area contributed by atoms with Gasteiger partial charge in [-0.3, -0.25) is 4.79 Å². The Morgan fingerprint density at radius 1 is 1.44 bits per heavy atom. The number of para-hydroxylation sites is 1. The van der Waals surface area contributed by atoms with Crippen molar-refractivity contribution in [2.24, 2.45) is 0 Å². The number of aromatic amines is 1. The summed E-state index contributed by atoms with van der Waals surface area (Å²) in [5.41, 5.74) is 2.06. The van der Waals surface area contributed by atoms with Crippen LogP contribution in [-0.4, -0.2) is 24.0 Å². The van der Waals surface area contributed by atoms with E-state index < -0.39 is 0 Å². The Hall–Kier alpha value is -2.23. The number of carbonyl (C=O) groups excluding carboxylic acids is 1. The number of rotatable bonds is 6. The van der Waals surface area contributed by atoms with Crippen molar-refractivity contribution in [3.05, 3.63) is 48.9 Å². The zero-order chi connectivity index (χ0) is 12.8. The number of benzene rings is 1. The molecule has 1 heterocycles. The number of amides is 1. The van der Waals surface area contributed by atoms with Crippen LogP contribution in [0.25, 0.3) is 10.9 Å². The van der Waals surface area contributed by atoms with Crippen molar-refractivity contribution in [3.8, 4) is 0 Å². The predicted molar refractivity (Wildman–Crippen MR) is 71.2 cm³/mol. The number of carbonyl (C=O) groups is 1. The number of hydrogen-bond acceptors (Lipinski definition) is 2. The fraction of sp³-hybridized carbons (Fsp3) is 0.214. The van der Waals surface area contributed by atoms with E-state index in [-0.39, 0.29) is 5.91 Å². The van der Waals surface area contributed by atoms with E-state index >= 15 is 0 Å². The summed E-state index contributed by atoms with van der Waals surface area (Å²) in [6, 6.07) is 7.94. The molecule has 2 rings (SSSR count). The SMILES string of the molecule is C=COCCNC(=O)Cc1c[nH]c2ccccc12. The van der Waals surface area contributed by atoms with E-state index in [1.807, 2.05) is 30.5 Å². The van der Waals surface area contributed by atoms with Crippen LogP contribution < -0.4 is 5.32 Å². The summed E-state index contributed by atoms with van der Waals surface area (Å²) >= 11 is 0. The third kappa shape index (κ3) is 2.91. The van der Waals surface area contributed by atoms with Crippen LogP contribution in [0, 0.1) is 0 Å². The van der Waals surface area contributed by atoms with Gasteiger partial charge in [0.1, 0.15) is 6.61 Å². The second kappa shape index (κ2) is 5.91. The molecular weight excluding hydrogens is 228 g/mol. The normalized spacial score (nSPS) is 10.2. The summed E-state index contributed by atoms with van der Waals surface area (Å²) in [4.78, 5) is 14.9. The summed E-state index contributed by atoms with van der Waals surface area (Å²) in [6.07, 6.45) is 3.62. The lowest BCUT2D eigenvalue weighted by molar-refractivity contribution is -0.120. The smallest absolute Gasteiger partial charge is 0.224 e. The molecule has 0 fully saturated rings. The van der Waals surface area contributed by atoms with Gasteiger partial charge in [-0.05, 0) is 11.6 Å². The maximum atomic E-state index is 11.7. The molecule has 1 aromatic heterocycles. The van der Waals surface area contributed by atoms with E-state index in [4.69, 9.17) is 4.74 Å². The average Bonchev–Trinajstić information content (AvgIpc) is 2.78. The molecule has 2 aromatic rings. The number of nitrogens with one attached hydrogen (secondary N) is 2. The van der Waals surface area contributed by atoms with Gasteiger partial charge in [0.15, 0.2) is 0 Å². The summed E-state index contributed by atoms with van der Waals surface area (Å²) in [5.74, 6) is -0.00702. The highest BCUT2D eigenvalue weighted by molar-refractivity contribution is 5.88. The summed E-state index contributed by atoms with van der Waals surface area (Å²) < 4.78 is 4.93. The maximum Gasteiger partial charge on any atom is 0.224 e. The van der Waals surface area contributed by atoms with Crippen molar-refractivity contribution in [1.29, 1.82) is 0 Å².